The maximum absolute atomic E-state index is 12.3. The third kappa shape index (κ3) is 3.04. The number of carbonyl (C=O) groups excluding carboxylic acids is 2. The normalized spacial score (nSPS) is 17.1. The molecule has 2 aromatic rings. The zero-order chi connectivity index (χ0) is 16.5. The first kappa shape index (κ1) is 14.9. The molecule has 0 unspecified atom stereocenters. The van der Waals surface area contributed by atoms with Crippen LogP contribution in [0.1, 0.15) is 58.2 Å². The summed E-state index contributed by atoms with van der Waals surface area (Å²) in [7, 11) is 0. The zero-order valence-corrected chi connectivity index (χ0v) is 13.3. The van der Waals surface area contributed by atoms with E-state index in [1.54, 1.807) is 30.3 Å². The van der Waals surface area contributed by atoms with Crippen molar-refractivity contribution in [2.24, 2.45) is 0 Å². The van der Waals surface area contributed by atoms with Crippen molar-refractivity contribution in [3.8, 4) is 0 Å². The van der Waals surface area contributed by atoms with Gasteiger partial charge in [0.1, 0.15) is 5.76 Å². The minimum Gasteiger partial charge on any atom is -0.360 e. The van der Waals surface area contributed by atoms with E-state index in [1.807, 2.05) is 4.90 Å². The van der Waals surface area contributed by atoms with E-state index in [0.29, 0.717) is 17.2 Å². The molecule has 6 nitrogen and oxygen atoms in total. The van der Waals surface area contributed by atoms with E-state index in [0.717, 1.165) is 44.5 Å². The van der Waals surface area contributed by atoms with Crippen LogP contribution in [-0.2, 0) is 0 Å². The number of amides is 2. The van der Waals surface area contributed by atoms with Gasteiger partial charge in [0.25, 0.3) is 11.8 Å². The lowest BCUT2D eigenvalue weighted by atomic mass is 10.2. The molecule has 1 saturated heterocycles. The van der Waals surface area contributed by atoms with Crippen LogP contribution >= 0.6 is 0 Å². The highest BCUT2D eigenvalue weighted by atomic mass is 16.5. The highest BCUT2D eigenvalue weighted by Crippen LogP contribution is 2.40. The van der Waals surface area contributed by atoms with E-state index in [2.05, 4.69) is 10.5 Å². The average Bonchev–Trinajstić information content (AvgIpc) is 3.12. The van der Waals surface area contributed by atoms with Crippen LogP contribution in [0, 0.1) is 0 Å². The largest absolute Gasteiger partial charge is 0.360 e. The van der Waals surface area contributed by atoms with Gasteiger partial charge in [-0.15, -0.1) is 0 Å². The first-order valence-electron chi connectivity index (χ1n) is 8.38. The van der Waals surface area contributed by atoms with Crippen LogP contribution < -0.4 is 5.32 Å². The van der Waals surface area contributed by atoms with Gasteiger partial charge in [-0.3, -0.25) is 9.59 Å². The van der Waals surface area contributed by atoms with Crippen LogP contribution in [0.15, 0.2) is 34.9 Å². The van der Waals surface area contributed by atoms with Gasteiger partial charge < -0.3 is 14.7 Å². The highest BCUT2D eigenvalue weighted by molar-refractivity contribution is 6.03. The molecule has 0 bridgehead atoms. The fourth-order valence-corrected chi connectivity index (χ4v) is 2.95. The smallest absolute Gasteiger partial charge is 0.277 e. The van der Waals surface area contributed by atoms with E-state index in [-0.39, 0.29) is 17.5 Å². The molecule has 24 heavy (non-hydrogen) atoms. The summed E-state index contributed by atoms with van der Waals surface area (Å²) in [4.78, 5) is 26.3. The van der Waals surface area contributed by atoms with E-state index in [9.17, 15) is 9.59 Å². The van der Waals surface area contributed by atoms with E-state index in [1.165, 1.54) is 0 Å². The Kier molecular flexibility index (Phi) is 3.80. The fraction of sp³-hybridized carbons (Fsp3) is 0.389. The zero-order valence-electron chi connectivity index (χ0n) is 13.3. The number of rotatable bonds is 4. The molecule has 2 aliphatic rings. The molecule has 0 spiro atoms. The van der Waals surface area contributed by atoms with Crippen molar-refractivity contribution in [1.82, 2.24) is 10.1 Å². The van der Waals surface area contributed by atoms with Crippen LogP contribution in [0.3, 0.4) is 0 Å². The Balaban J connectivity index is 1.40. The number of hydrogen-bond donors (Lipinski definition) is 1. The van der Waals surface area contributed by atoms with Crippen molar-refractivity contribution in [2.45, 2.75) is 31.6 Å². The molecule has 1 saturated carbocycles. The summed E-state index contributed by atoms with van der Waals surface area (Å²) in [6, 6.07) is 8.67. The first-order valence-corrected chi connectivity index (χ1v) is 8.38. The summed E-state index contributed by atoms with van der Waals surface area (Å²) in [6.45, 7) is 1.65. The van der Waals surface area contributed by atoms with Crippen LogP contribution in [0.5, 0.6) is 0 Å². The molecule has 1 aliphatic carbocycles. The van der Waals surface area contributed by atoms with Gasteiger partial charge in [0, 0.05) is 36.3 Å². The Morgan fingerprint density at radius 2 is 1.83 bits per heavy atom. The van der Waals surface area contributed by atoms with Gasteiger partial charge in [0.15, 0.2) is 5.69 Å². The number of nitrogens with one attached hydrogen (secondary N) is 1. The number of carbonyl (C=O) groups is 2. The number of benzene rings is 1. The van der Waals surface area contributed by atoms with Gasteiger partial charge in [-0.05, 0) is 49.9 Å². The standard InChI is InChI=1S/C18H19N3O3/c22-17(15-11-16(24-20-15)12-3-4-12)19-14-7-5-13(6-8-14)18(23)21-9-1-2-10-21/h5-8,11-12H,1-4,9-10H2,(H,19,22). The molecule has 0 atom stereocenters. The topological polar surface area (TPSA) is 75.4 Å². The predicted molar refractivity (Wildman–Crippen MR) is 88.0 cm³/mol. The monoisotopic (exact) mass is 325 g/mol. The quantitative estimate of drug-likeness (QED) is 0.937. The Bertz CT molecular complexity index is 756. The molecule has 6 heteroatoms. The summed E-state index contributed by atoms with van der Waals surface area (Å²) in [5.74, 6) is 0.960. The molecule has 1 aromatic carbocycles. The van der Waals surface area contributed by atoms with E-state index >= 15 is 0 Å². The summed E-state index contributed by atoms with van der Waals surface area (Å²) in [6.07, 6.45) is 4.34. The number of likely N-dealkylation sites (tertiary alicyclic amines) is 1. The maximum atomic E-state index is 12.3. The number of aromatic nitrogens is 1. The lowest BCUT2D eigenvalue weighted by Gasteiger charge is -2.15. The molecule has 1 N–H and O–H groups in total. The van der Waals surface area contributed by atoms with E-state index < -0.39 is 0 Å². The molecular formula is C18H19N3O3. The van der Waals surface area contributed by atoms with Crippen LogP contribution in [-0.4, -0.2) is 35.0 Å². The van der Waals surface area contributed by atoms with Gasteiger partial charge in [0.2, 0.25) is 0 Å². The summed E-state index contributed by atoms with van der Waals surface area (Å²) in [5.41, 5.74) is 1.57. The lowest BCUT2D eigenvalue weighted by molar-refractivity contribution is 0.0792. The van der Waals surface area contributed by atoms with Crippen molar-refractivity contribution < 1.29 is 14.1 Å². The van der Waals surface area contributed by atoms with Gasteiger partial charge in [-0.25, -0.2) is 0 Å². The molecule has 2 fully saturated rings. The number of nitrogens with zero attached hydrogens (tertiary/aromatic N) is 2. The molecule has 1 aromatic heterocycles. The summed E-state index contributed by atoms with van der Waals surface area (Å²) < 4.78 is 5.19. The SMILES string of the molecule is O=C(Nc1ccc(C(=O)N2CCCC2)cc1)c1cc(C2CC2)on1. The van der Waals surface area contributed by atoms with Crippen LogP contribution in [0.25, 0.3) is 0 Å². The number of hydrogen-bond acceptors (Lipinski definition) is 4. The van der Waals surface area contributed by atoms with Crippen molar-refractivity contribution in [3.05, 3.63) is 47.3 Å². The minimum absolute atomic E-state index is 0.0518. The van der Waals surface area contributed by atoms with Crippen LogP contribution in [0.2, 0.25) is 0 Å². The van der Waals surface area contributed by atoms with Crippen molar-refractivity contribution in [1.29, 1.82) is 0 Å². The maximum Gasteiger partial charge on any atom is 0.277 e. The molecule has 0 radical (unpaired) electrons. The van der Waals surface area contributed by atoms with E-state index in [4.69, 9.17) is 4.52 Å². The van der Waals surface area contributed by atoms with Crippen molar-refractivity contribution in [2.75, 3.05) is 18.4 Å². The van der Waals surface area contributed by atoms with Gasteiger partial charge in [-0.1, -0.05) is 5.16 Å². The molecule has 1 aliphatic heterocycles. The summed E-state index contributed by atoms with van der Waals surface area (Å²) >= 11 is 0. The van der Waals surface area contributed by atoms with Gasteiger partial charge in [0.05, 0.1) is 0 Å². The lowest BCUT2D eigenvalue weighted by Crippen LogP contribution is -2.27. The van der Waals surface area contributed by atoms with Gasteiger partial charge >= 0.3 is 0 Å². The average molecular weight is 325 g/mol. The Morgan fingerprint density at radius 3 is 2.50 bits per heavy atom. The molecule has 2 heterocycles. The van der Waals surface area contributed by atoms with Gasteiger partial charge in [-0.2, -0.15) is 0 Å². The van der Waals surface area contributed by atoms with Crippen molar-refractivity contribution >= 4 is 17.5 Å². The minimum atomic E-state index is -0.302. The molecule has 4 rings (SSSR count). The molecular weight excluding hydrogens is 306 g/mol. The van der Waals surface area contributed by atoms with Crippen molar-refractivity contribution in [3.63, 3.8) is 0 Å². The number of anilines is 1. The Morgan fingerprint density at radius 1 is 1.12 bits per heavy atom. The molecule has 124 valence electrons. The second kappa shape index (κ2) is 6.11. The molecule has 2 amide bonds. The second-order valence-electron chi connectivity index (χ2n) is 6.42. The van der Waals surface area contributed by atoms with Crippen LogP contribution in [0.4, 0.5) is 5.69 Å². The predicted octanol–water partition coefficient (Wildman–Crippen LogP) is 3.04. The Hall–Kier alpha value is -2.63. The third-order valence-corrected chi connectivity index (χ3v) is 4.52. The summed E-state index contributed by atoms with van der Waals surface area (Å²) in [5, 5.41) is 6.60. The Labute approximate surface area is 139 Å². The first-order chi connectivity index (χ1) is 11.7. The second-order valence-corrected chi connectivity index (χ2v) is 6.42. The fourth-order valence-electron chi connectivity index (χ4n) is 2.95. The highest BCUT2D eigenvalue weighted by Gasteiger charge is 2.29. The third-order valence-electron chi connectivity index (χ3n) is 4.52.